The molecule has 0 fully saturated rings. The Morgan fingerprint density at radius 3 is 2.73 bits per heavy atom. The molecule has 0 spiro atoms. The summed E-state index contributed by atoms with van der Waals surface area (Å²) in [6, 6.07) is 2.67. The summed E-state index contributed by atoms with van der Waals surface area (Å²) in [6.45, 7) is 8.73. The van der Waals surface area contributed by atoms with E-state index in [0.717, 1.165) is 11.3 Å². The van der Waals surface area contributed by atoms with Crippen LogP contribution in [0.4, 0.5) is 0 Å². The molecule has 0 aliphatic carbocycles. The fourth-order valence-electron chi connectivity index (χ4n) is 2.02. The molecule has 6 heteroatoms. The Bertz CT molecular complexity index is 499. The number of carbonyl (C=O) groups is 2. The highest BCUT2D eigenvalue weighted by molar-refractivity contribution is 7.98. The van der Waals surface area contributed by atoms with Gasteiger partial charge in [-0.05, 0) is 44.4 Å². The fraction of sp³-hybridized carbons (Fsp3) is 0.500. The molecule has 0 saturated heterocycles. The molecule has 1 unspecified atom stereocenters. The number of nitrogens with zero attached hydrogens (tertiary/aromatic N) is 1. The second-order valence-corrected chi connectivity index (χ2v) is 6.08. The van der Waals surface area contributed by atoms with Gasteiger partial charge in [0.25, 0.3) is 5.91 Å². The van der Waals surface area contributed by atoms with Crippen molar-refractivity contribution in [1.82, 2.24) is 10.2 Å². The van der Waals surface area contributed by atoms with Gasteiger partial charge in [-0.25, -0.2) is 0 Å². The van der Waals surface area contributed by atoms with Gasteiger partial charge in [0.15, 0.2) is 5.76 Å². The Morgan fingerprint density at radius 2 is 2.23 bits per heavy atom. The molecule has 1 atom stereocenters. The van der Waals surface area contributed by atoms with Crippen molar-refractivity contribution in [3.8, 4) is 0 Å². The smallest absolute Gasteiger partial charge is 0.287 e. The molecule has 0 radical (unpaired) electrons. The van der Waals surface area contributed by atoms with E-state index in [9.17, 15) is 9.59 Å². The first-order valence-corrected chi connectivity index (χ1v) is 8.65. The number of hydrogen-bond donors (Lipinski definition) is 1. The molecular formula is C16H24N2O3S. The summed E-state index contributed by atoms with van der Waals surface area (Å²) in [5.74, 6) is 0.555. The highest BCUT2D eigenvalue weighted by atomic mass is 32.2. The molecule has 1 heterocycles. The second-order valence-electron chi connectivity index (χ2n) is 5.09. The first kappa shape index (κ1) is 18.4. The zero-order valence-corrected chi connectivity index (χ0v) is 14.2. The van der Waals surface area contributed by atoms with Gasteiger partial charge in [0.2, 0.25) is 5.91 Å². The Hall–Kier alpha value is -1.69. The van der Waals surface area contributed by atoms with Crippen LogP contribution in [0.1, 0.15) is 30.8 Å². The zero-order chi connectivity index (χ0) is 16.5. The molecule has 1 aromatic heterocycles. The minimum absolute atomic E-state index is 0.0838. The van der Waals surface area contributed by atoms with Crippen LogP contribution in [-0.2, 0) is 4.79 Å². The lowest BCUT2D eigenvalue weighted by Gasteiger charge is -2.26. The van der Waals surface area contributed by atoms with Crippen molar-refractivity contribution in [2.75, 3.05) is 25.1 Å². The van der Waals surface area contributed by atoms with Gasteiger partial charge in [0.1, 0.15) is 6.04 Å². The molecule has 0 aliphatic heterocycles. The highest BCUT2D eigenvalue weighted by Gasteiger charge is 2.26. The van der Waals surface area contributed by atoms with Gasteiger partial charge in [-0.3, -0.25) is 9.59 Å². The lowest BCUT2D eigenvalue weighted by molar-refractivity contribution is -0.132. The summed E-state index contributed by atoms with van der Waals surface area (Å²) in [5, 5.41) is 2.78. The predicted octanol–water partition coefficient (Wildman–Crippen LogP) is 2.56. The molecule has 5 nitrogen and oxygen atoms in total. The van der Waals surface area contributed by atoms with Gasteiger partial charge in [0, 0.05) is 13.1 Å². The molecule has 1 N–H and O–H groups in total. The molecule has 22 heavy (non-hydrogen) atoms. The lowest BCUT2D eigenvalue weighted by atomic mass is 10.1. The Labute approximate surface area is 136 Å². The van der Waals surface area contributed by atoms with Crippen molar-refractivity contribution in [2.45, 2.75) is 26.3 Å². The molecule has 2 amide bonds. The third-order valence-electron chi connectivity index (χ3n) is 3.11. The van der Waals surface area contributed by atoms with E-state index in [-0.39, 0.29) is 17.6 Å². The van der Waals surface area contributed by atoms with E-state index in [0.29, 0.717) is 19.5 Å². The van der Waals surface area contributed by atoms with E-state index in [2.05, 4.69) is 11.9 Å². The maximum atomic E-state index is 12.7. The van der Waals surface area contributed by atoms with E-state index >= 15 is 0 Å². The number of nitrogens with one attached hydrogen (secondary N) is 1. The molecule has 0 aromatic carbocycles. The molecule has 122 valence electrons. The summed E-state index contributed by atoms with van der Waals surface area (Å²) in [7, 11) is 0. The number of amides is 2. The quantitative estimate of drug-likeness (QED) is 0.709. The predicted molar refractivity (Wildman–Crippen MR) is 90.0 cm³/mol. The number of thioether (sulfide) groups is 1. The lowest BCUT2D eigenvalue weighted by Crippen LogP contribution is -2.49. The molecular weight excluding hydrogens is 300 g/mol. The number of likely N-dealkylation sites (N-methyl/N-ethyl adjacent to an activating group) is 1. The van der Waals surface area contributed by atoms with Crippen LogP contribution in [0, 0.1) is 0 Å². The van der Waals surface area contributed by atoms with Crippen LogP contribution in [0.5, 0.6) is 0 Å². The average Bonchev–Trinajstić information content (AvgIpc) is 3.02. The van der Waals surface area contributed by atoms with Crippen LogP contribution in [-0.4, -0.2) is 47.9 Å². The first-order valence-electron chi connectivity index (χ1n) is 7.26. The molecule has 1 aromatic rings. The average molecular weight is 324 g/mol. The van der Waals surface area contributed by atoms with Crippen LogP contribution in [0.3, 0.4) is 0 Å². The van der Waals surface area contributed by atoms with E-state index < -0.39 is 6.04 Å². The van der Waals surface area contributed by atoms with Crippen molar-refractivity contribution >= 4 is 23.6 Å². The van der Waals surface area contributed by atoms with Crippen molar-refractivity contribution in [2.24, 2.45) is 0 Å². The van der Waals surface area contributed by atoms with E-state index in [4.69, 9.17) is 4.42 Å². The summed E-state index contributed by atoms with van der Waals surface area (Å²) in [4.78, 5) is 26.5. The first-order chi connectivity index (χ1) is 10.5. The monoisotopic (exact) mass is 324 g/mol. The van der Waals surface area contributed by atoms with Crippen molar-refractivity contribution in [1.29, 1.82) is 0 Å². The Kier molecular flexibility index (Phi) is 7.80. The van der Waals surface area contributed by atoms with Crippen LogP contribution in [0.2, 0.25) is 0 Å². The maximum Gasteiger partial charge on any atom is 0.287 e. The number of carbonyl (C=O) groups excluding carboxylic acids is 2. The minimum Gasteiger partial charge on any atom is -0.459 e. The minimum atomic E-state index is -0.552. The standard InChI is InChI=1S/C16H24N2O3S/c1-5-18(11-12(2)3)16(20)13(8-10-22-4)17-15(19)14-7-6-9-21-14/h6-7,9,13H,2,5,8,10-11H2,1,3-4H3,(H,17,19). The summed E-state index contributed by atoms with van der Waals surface area (Å²) in [5.41, 5.74) is 0.913. The summed E-state index contributed by atoms with van der Waals surface area (Å²) >= 11 is 1.64. The molecule has 0 saturated carbocycles. The molecule has 0 aliphatic rings. The summed E-state index contributed by atoms with van der Waals surface area (Å²) in [6.07, 6.45) is 3.99. The van der Waals surface area contributed by atoms with Gasteiger partial charge in [0.05, 0.1) is 6.26 Å². The zero-order valence-electron chi connectivity index (χ0n) is 13.4. The van der Waals surface area contributed by atoms with Crippen LogP contribution < -0.4 is 5.32 Å². The normalized spacial score (nSPS) is 11.8. The van der Waals surface area contributed by atoms with E-state index in [1.165, 1.54) is 6.26 Å². The topological polar surface area (TPSA) is 62.6 Å². The second kappa shape index (κ2) is 9.35. The number of furan rings is 1. The third kappa shape index (κ3) is 5.60. The van der Waals surface area contributed by atoms with Crippen LogP contribution in [0.25, 0.3) is 0 Å². The Morgan fingerprint density at radius 1 is 1.50 bits per heavy atom. The molecule has 1 rings (SSSR count). The van der Waals surface area contributed by atoms with Gasteiger partial charge in [-0.1, -0.05) is 12.2 Å². The van der Waals surface area contributed by atoms with Crippen LogP contribution >= 0.6 is 11.8 Å². The van der Waals surface area contributed by atoms with Crippen molar-refractivity contribution in [3.63, 3.8) is 0 Å². The van der Waals surface area contributed by atoms with E-state index in [1.54, 1.807) is 28.8 Å². The van der Waals surface area contributed by atoms with Crippen molar-refractivity contribution < 1.29 is 14.0 Å². The highest BCUT2D eigenvalue weighted by Crippen LogP contribution is 2.08. The van der Waals surface area contributed by atoms with Gasteiger partial charge < -0.3 is 14.6 Å². The maximum absolute atomic E-state index is 12.7. The largest absolute Gasteiger partial charge is 0.459 e. The van der Waals surface area contributed by atoms with E-state index in [1.807, 2.05) is 20.1 Å². The van der Waals surface area contributed by atoms with Crippen molar-refractivity contribution in [3.05, 3.63) is 36.3 Å². The SMILES string of the molecule is C=C(C)CN(CC)C(=O)C(CCSC)NC(=O)c1ccco1. The summed E-state index contributed by atoms with van der Waals surface area (Å²) < 4.78 is 5.08. The molecule has 0 bridgehead atoms. The number of hydrogen-bond acceptors (Lipinski definition) is 4. The van der Waals surface area contributed by atoms with Crippen LogP contribution in [0.15, 0.2) is 35.0 Å². The van der Waals surface area contributed by atoms with Gasteiger partial charge in [-0.2, -0.15) is 11.8 Å². The Balaban J connectivity index is 2.79. The van der Waals surface area contributed by atoms with Gasteiger partial charge >= 0.3 is 0 Å². The fourth-order valence-corrected chi connectivity index (χ4v) is 2.49. The third-order valence-corrected chi connectivity index (χ3v) is 3.76. The number of rotatable bonds is 9. The van der Waals surface area contributed by atoms with Gasteiger partial charge in [-0.15, -0.1) is 0 Å².